The van der Waals surface area contributed by atoms with Crippen molar-refractivity contribution >= 4 is 10.0 Å². The quantitative estimate of drug-likeness (QED) is 0.794. The van der Waals surface area contributed by atoms with Gasteiger partial charge in [-0.3, -0.25) is 0 Å². The Labute approximate surface area is 153 Å². The number of methoxy groups -OCH3 is 1. The Hall–Kier alpha value is -2.29. The molecule has 1 aliphatic heterocycles. The van der Waals surface area contributed by atoms with Crippen molar-refractivity contribution in [3.05, 3.63) is 48.0 Å². The fraction of sp³-hybridized carbons (Fsp3) is 0.333. The first-order valence-electron chi connectivity index (χ1n) is 8.10. The Kier molecular flexibility index (Phi) is 5.36. The van der Waals surface area contributed by atoms with Gasteiger partial charge in [0, 0.05) is 18.7 Å². The van der Waals surface area contributed by atoms with Gasteiger partial charge >= 0.3 is 0 Å². The molecule has 0 saturated heterocycles. The standard InChI is InChI=1S/C18H22N2O5S/c1-20(2)16(13-4-6-14(23-3)7-5-13)11-19-26(21,22)15-8-9-17-18(10-15)25-12-24-17/h4-10,16,19H,11-12H2,1-3H3. The average molecular weight is 378 g/mol. The summed E-state index contributed by atoms with van der Waals surface area (Å²) in [6.07, 6.45) is 0. The van der Waals surface area contributed by atoms with Gasteiger partial charge in [-0.15, -0.1) is 0 Å². The van der Waals surface area contributed by atoms with Crippen molar-refractivity contribution in [2.75, 3.05) is 34.5 Å². The summed E-state index contributed by atoms with van der Waals surface area (Å²) < 4.78 is 43.6. The number of hydrogen-bond donors (Lipinski definition) is 1. The summed E-state index contributed by atoms with van der Waals surface area (Å²) in [6, 6.07) is 12.0. The molecule has 8 heteroatoms. The van der Waals surface area contributed by atoms with Crippen LogP contribution in [0.25, 0.3) is 0 Å². The number of fused-ring (bicyclic) bond motifs is 1. The summed E-state index contributed by atoms with van der Waals surface area (Å²) in [5.41, 5.74) is 0.990. The molecule has 0 amide bonds. The molecular weight excluding hydrogens is 356 g/mol. The van der Waals surface area contributed by atoms with Crippen LogP contribution in [0.5, 0.6) is 17.2 Å². The smallest absolute Gasteiger partial charge is 0.240 e. The topological polar surface area (TPSA) is 77.1 Å². The summed E-state index contributed by atoms with van der Waals surface area (Å²) >= 11 is 0. The Bertz CT molecular complexity index is 866. The third-order valence-corrected chi connectivity index (χ3v) is 5.67. The molecule has 1 atom stereocenters. The SMILES string of the molecule is COc1ccc(C(CNS(=O)(=O)c2ccc3c(c2)OCO3)N(C)C)cc1. The zero-order chi connectivity index (χ0) is 18.7. The molecule has 1 N–H and O–H groups in total. The molecule has 2 aromatic carbocycles. The van der Waals surface area contributed by atoms with Gasteiger partial charge < -0.3 is 19.1 Å². The van der Waals surface area contributed by atoms with E-state index in [1.165, 1.54) is 12.1 Å². The third-order valence-electron chi connectivity index (χ3n) is 4.24. The normalized spacial score (nSPS) is 14.5. The highest BCUT2D eigenvalue weighted by Crippen LogP contribution is 2.33. The van der Waals surface area contributed by atoms with E-state index in [9.17, 15) is 8.42 Å². The monoisotopic (exact) mass is 378 g/mol. The number of rotatable bonds is 7. The fourth-order valence-electron chi connectivity index (χ4n) is 2.74. The van der Waals surface area contributed by atoms with Crippen LogP contribution in [0.2, 0.25) is 0 Å². The molecule has 0 radical (unpaired) electrons. The number of likely N-dealkylation sites (N-methyl/N-ethyl adjacent to an activating group) is 1. The van der Waals surface area contributed by atoms with Gasteiger partial charge in [0.2, 0.25) is 16.8 Å². The maximum absolute atomic E-state index is 12.6. The van der Waals surface area contributed by atoms with E-state index in [4.69, 9.17) is 14.2 Å². The van der Waals surface area contributed by atoms with Crippen LogP contribution in [0, 0.1) is 0 Å². The van der Waals surface area contributed by atoms with E-state index in [0.717, 1.165) is 11.3 Å². The maximum Gasteiger partial charge on any atom is 0.240 e. The van der Waals surface area contributed by atoms with E-state index >= 15 is 0 Å². The molecule has 0 fully saturated rings. The van der Waals surface area contributed by atoms with Gasteiger partial charge in [0.15, 0.2) is 11.5 Å². The second-order valence-corrected chi connectivity index (χ2v) is 7.89. The fourth-order valence-corrected chi connectivity index (χ4v) is 3.79. The van der Waals surface area contributed by atoms with Crippen LogP contribution in [-0.4, -0.2) is 47.9 Å². The molecule has 1 unspecified atom stereocenters. The Morgan fingerprint density at radius 3 is 2.46 bits per heavy atom. The van der Waals surface area contributed by atoms with E-state index in [2.05, 4.69) is 4.72 Å². The van der Waals surface area contributed by atoms with Gasteiger partial charge in [-0.2, -0.15) is 0 Å². The van der Waals surface area contributed by atoms with Gasteiger partial charge in [0.05, 0.1) is 12.0 Å². The Morgan fingerprint density at radius 1 is 1.12 bits per heavy atom. The first kappa shape index (κ1) is 18.5. The lowest BCUT2D eigenvalue weighted by atomic mass is 10.1. The minimum atomic E-state index is -3.67. The second-order valence-electron chi connectivity index (χ2n) is 6.12. The van der Waals surface area contributed by atoms with Crippen LogP contribution in [0.1, 0.15) is 11.6 Å². The molecular formula is C18H22N2O5S. The van der Waals surface area contributed by atoms with E-state index in [0.29, 0.717) is 11.5 Å². The molecule has 140 valence electrons. The average Bonchev–Trinajstić information content (AvgIpc) is 3.10. The van der Waals surface area contributed by atoms with Crippen LogP contribution >= 0.6 is 0 Å². The first-order chi connectivity index (χ1) is 12.4. The zero-order valence-electron chi connectivity index (χ0n) is 14.9. The van der Waals surface area contributed by atoms with Crippen molar-refractivity contribution in [3.8, 4) is 17.2 Å². The number of hydrogen-bond acceptors (Lipinski definition) is 6. The van der Waals surface area contributed by atoms with Crippen molar-refractivity contribution in [1.29, 1.82) is 0 Å². The summed E-state index contributed by atoms with van der Waals surface area (Å²) in [7, 11) is 1.75. The predicted molar refractivity (Wildman–Crippen MR) is 97.2 cm³/mol. The van der Waals surface area contributed by atoms with Gasteiger partial charge in [-0.05, 0) is 43.9 Å². The maximum atomic E-state index is 12.6. The minimum Gasteiger partial charge on any atom is -0.497 e. The Morgan fingerprint density at radius 2 is 1.81 bits per heavy atom. The van der Waals surface area contributed by atoms with Crippen LogP contribution < -0.4 is 18.9 Å². The molecule has 0 saturated carbocycles. The largest absolute Gasteiger partial charge is 0.497 e. The number of benzene rings is 2. The molecule has 0 bridgehead atoms. The van der Waals surface area contributed by atoms with Crippen LogP contribution in [0.3, 0.4) is 0 Å². The third kappa shape index (κ3) is 3.92. The minimum absolute atomic E-state index is 0.104. The van der Waals surface area contributed by atoms with Gasteiger partial charge in [-0.1, -0.05) is 12.1 Å². The Balaban J connectivity index is 1.75. The highest BCUT2D eigenvalue weighted by molar-refractivity contribution is 7.89. The predicted octanol–water partition coefficient (Wildman–Crippen LogP) is 2.01. The number of sulfonamides is 1. The van der Waals surface area contributed by atoms with Crippen molar-refractivity contribution in [1.82, 2.24) is 9.62 Å². The molecule has 3 rings (SSSR count). The van der Waals surface area contributed by atoms with E-state index in [-0.39, 0.29) is 24.3 Å². The molecule has 2 aromatic rings. The number of nitrogens with one attached hydrogen (secondary N) is 1. The van der Waals surface area contributed by atoms with Crippen molar-refractivity contribution < 1.29 is 22.6 Å². The number of nitrogens with zero attached hydrogens (tertiary/aromatic N) is 1. The summed E-state index contributed by atoms with van der Waals surface area (Å²) in [5.74, 6) is 1.74. The molecule has 7 nitrogen and oxygen atoms in total. The first-order valence-corrected chi connectivity index (χ1v) is 9.59. The van der Waals surface area contributed by atoms with Gasteiger partial charge in [-0.25, -0.2) is 13.1 Å². The van der Waals surface area contributed by atoms with E-state index in [1.807, 2.05) is 43.3 Å². The summed E-state index contributed by atoms with van der Waals surface area (Å²) in [4.78, 5) is 2.11. The van der Waals surface area contributed by atoms with Gasteiger partial charge in [0.25, 0.3) is 0 Å². The van der Waals surface area contributed by atoms with Gasteiger partial charge in [0.1, 0.15) is 5.75 Å². The second kappa shape index (κ2) is 7.53. The van der Waals surface area contributed by atoms with Crippen molar-refractivity contribution in [2.45, 2.75) is 10.9 Å². The molecule has 0 spiro atoms. The molecule has 0 aliphatic carbocycles. The molecule has 0 aromatic heterocycles. The highest BCUT2D eigenvalue weighted by Gasteiger charge is 2.22. The van der Waals surface area contributed by atoms with Crippen molar-refractivity contribution in [2.24, 2.45) is 0 Å². The van der Waals surface area contributed by atoms with E-state index < -0.39 is 10.0 Å². The lowest BCUT2D eigenvalue weighted by Crippen LogP contribution is -2.34. The van der Waals surface area contributed by atoms with E-state index in [1.54, 1.807) is 13.2 Å². The highest BCUT2D eigenvalue weighted by atomic mass is 32.2. The van der Waals surface area contributed by atoms with Crippen LogP contribution in [-0.2, 0) is 10.0 Å². The van der Waals surface area contributed by atoms with Crippen LogP contribution in [0.15, 0.2) is 47.4 Å². The number of ether oxygens (including phenoxy) is 3. The summed E-state index contributed by atoms with van der Waals surface area (Å²) in [5, 5.41) is 0. The molecule has 1 heterocycles. The van der Waals surface area contributed by atoms with Crippen molar-refractivity contribution in [3.63, 3.8) is 0 Å². The van der Waals surface area contributed by atoms with Crippen LogP contribution in [0.4, 0.5) is 0 Å². The zero-order valence-corrected chi connectivity index (χ0v) is 15.7. The molecule has 1 aliphatic rings. The summed E-state index contributed by atoms with van der Waals surface area (Å²) in [6.45, 7) is 0.336. The lowest BCUT2D eigenvalue weighted by molar-refractivity contribution is 0.174. The molecule has 26 heavy (non-hydrogen) atoms. The lowest BCUT2D eigenvalue weighted by Gasteiger charge is -2.25.